The highest BCUT2D eigenvalue weighted by Gasteiger charge is 2.20. The Balaban J connectivity index is 1.89. The van der Waals surface area contributed by atoms with Crippen LogP contribution >= 0.6 is 11.6 Å². The molecular weight excluding hydrogens is 275 g/mol. The molecule has 1 atom stereocenters. The van der Waals surface area contributed by atoms with Crippen molar-refractivity contribution in [2.75, 3.05) is 0 Å². The Hall–Kier alpha value is -1.38. The van der Waals surface area contributed by atoms with Crippen molar-refractivity contribution in [1.29, 1.82) is 0 Å². The number of halogens is 2. The van der Waals surface area contributed by atoms with E-state index in [0.29, 0.717) is 11.5 Å². The number of aliphatic hydroxyl groups is 1. The van der Waals surface area contributed by atoms with Crippen LogP contribution in [0.5, 0.6) is 0 Å². The van der Waals surface area contributed by atoms with Crippen LogP contribution in [0.1, 0.15) is 48.0 Å². The molecule has 20 heavy (non-hydrogen) atoms. The topological polar surface area (TPSA) is 20.2 Å². The molecule has 0 saturated heterocycles. The van der Waals surface area contributed by atoms with Crippen molar-refractivity contribution in [3.63, 3.8) is 0 Å². The minimum atomic E-state index is -0.770. The van der Waals surface area contributed by atoms with E-state index in [4.69, 9.17) is 11.6 Å². The molecule has 1 aliphatic carbocycles. The summed E-state index contributed by atoms with van der Waals surface area (Å²) in [7, 11) is 0. The summed E-state index contributed by atoms with van der Waals surface area (Å²) < 4.78 is 13.2. The molecule has 2 aromatic carbocycles. The second-order valence-electron chi connectivity index (χ2n) is 5.37. The van der Waals surface area contributed by atoms with Crippen LogP contribution in [0.2, 0.25) is 5.02 Å². The summed E-state index contributed by atoms with van der Waals surface area (Å²) in [6, 6.07) is 12.4. The van der Waals surface area contributed by atoms with Gasteiger partial charge in [-0.2, -0.15) is 0 Å². The van der Waals surface area contributed by atoms with Crippen LogP contribution in [0.4, 0.5) is 4.39 Å². The summed E-state index contributed by atoms with van der Waals surface area (Å²) in [5.41, 5.74) is 2.72. The molecule has 1 saturated carbocycles. The maximum atomic E-state index is 13.2. The van der Waals surface area contributed by atoms with Gasteiger partial charge in [-0.05, 0) is 47.6 Å². The van der Waals surface area contributed by atoms with Crippen molar-refractivity contribution in [1.82, 2.24) is 0 Å². The molecule has 0 amide bonds. The average Bonchev–Trinajstić information content (AvgIpc) is 2.39. The van der Waals surface area contributed by atoms with Gasteiger partial charge >= 0.3 is 0 Å². The van der Waals surface area contributed by atoms with Gasteiger partial charge in [0, 0.05) is 0 Å². The van der Waals surface area contributed by atoms with Gasteiger partial charge in [-0.25, -0.2) is 4.39 Å². The Kier molecular flexibility index (Phi) is 3.77. The van der Waals surface area contributed by atoms with Crippen LogP contribution in [0.3, 0.4) is 0 Å². The number of aliphatic hydroxyl groups excluding tert-OH is 1. The molecule has 0 bridgehead atoms. The van der Waals surface area contributed by atoms with E-state index < -0.39 is 11.9 Å². The first kappa shape index (κ1) is 13.6. The van der Waals surface area contributed by atoms with Crippen molar-refractivity contribution in [3.8, 4) is 0 Å². The van der Waals surface area contributed by atoms with E-state index in [1.54, 1.807) is 6.07 Å². The predicted octanol–water partition coefficient (Wildman–Crippen LogP) is 4.83. The average molecular weight is 291 g/mol. The molecule has 0 heterocycles. The fourth-order valence-electron chi connectivity index (χ4n) is 2.60. The van der Waals surface area contributed by atoms with Crippen LogP contribution in [0.15, 0.2) is 42.5 Å². The lowest BCUT2D eigenvalue weighted by molar-refractivity contribution is 0.220. The molecule has 3 heteroatoms. The monoisotopic (exact) mass is 290 g/mol. The zero-order chi connectivity index (χ0) is 14.1. The third-order valence-corrected chi connectivity index (χ3v) is 4.35. The minimum Gasteiger partial charge on any atom is -0.384 e. The van der Waals surface area contributed by atoms with Crippen molar-refractivity contribution >= 4 is 11.6 Å². The van der Waals surface area contributed by atoms with Gasteiger partial charge in [0.2, 0.25) is 0 Å². The molecule has 1 nitrogen and oxygen atoms in total. The van der Waals surface area contributed by atoms with Gasteiger partial charge in [-0.1, -0.05) is 48.4 Å². The summed E-state index contributed by atoms with van der Waals surface area (Å²) in [6.45, 7) is 0. The Morgan fingerprint density at radius 1 is 1.10 bits per heavy atom. The third kappa shape index (κ3) is 2.58. The highest BCUT2D eigenvalue weighted by atomic mass is 35.5. The van der Waals surface area contributed by atoms with E-state index in [1.165, 1.54) is 37.0 Å². The zero-order valence-corrected chi connectivity index (χ0v) is 11.8. The molecule has 0 aromatic heterocycles. The fourth-order valence-corrected chi connectivity index (χ4v) is 2.79. The molecular formula is C17H16ClFO. The van der Waals surface area contributed by atoms with Crippen molar-refractivity contribution in [3.05, 3.63) is 70.0 Å². The van der Waals surface area contributed by atoms with Crippen LogP contribution in [0.25, 0.3) is 0 Å². The van der Waals surface area contributed by atoms with E-state index in [0.717, 1.165) is 5.56 Å². The molecule has 104 valence electrons. The third-order valence-electron chi connectivity index (χ3n) is 4.06. The molecule has 0 spiro atoms. The second kappa shape index (κ2) is 5.55. The number of rotatable bonds is 3. The van der Waals surface area contributed by atoms with Gasteiger partial charge in [0.15, 0.2) is 0 Å². The Morgan fingerprint density at radius 2 is 1.85 bits per heavy atom. The molecule has 0 radical (unpaired) electrons. The highest BCUT2D eigenvalue weighted by Crippen LogP contribution is 2.37. The molecule has 1 N–H and O–H groups in total. The molecule has 1 fully saturated rings. The molecule has 2 aromatic rings. The largest absolute Gasteiger partial charge is 0.384 e. The van der Waals surface area contributed by atoms with Gasteiger partial charge in [0.25, 0.3) is 0 Å². The van der Waals surface area contributed by atoms with Crippen LogP contribution in [-0.4, -0.2) is 5.11 Å². The fraction of sp³-hybridized carbons (Fsp3) is 0.294. The molecule has 1 aliphatic rings. The standard InChI is InChI=1S/C17H16ClFO/c18-15-10-14(7-8-16(15)19)17(20)13-6-2-5-12(9-13)11-3-1-4-11/h2,5-11,17,20H,1,3-4H2. The zero-order valence-electron chi connectivity index (χ0n) is 11.0. The minimum absolute atomic E-state index is 0.0386. The lowest BCUT2D eigenvalue weighted by Crippen LogP contribution is -2.09. The van der Waals surface area contributed by atoms with Crippen molar-refractivity contribution < 1.29 is 9.50 Å². The first-order valence-corrected chi connectivity index (χ1v) is 7.26. The van der Waals surface area contributed by atoms with Gasteiger partial charge in [-0.3, -0.25) is 0 Å². The van der Waals surface area contributed by atoms with E-state index in [1.807, 2.05) is 18.2 Å². The summed E-state index contributed by atoms with van der Waals surface area (Å²) in [5, 5.41) is 10.5. The van der Waals surface area contributed by atoms with E-state index >= 15 is 0 Å². The Labute approximate surface area is 123 Å². The summed E-state index contributed by atoms with van der Waals surface area (Å²) in [6.07, 6.45) is 2.96. The SMILES string of the molecule is OC(c1cccc(C2CCC2)c1)c1ccc(F)c(Cl)c1. The summed E-state index contributed by atoms with van der Waals surface area (Å²) >= 11 is 5.77. The smallest absolute Gasteiger partial charge is 0.141 e. The first-order chi connectivity index (χ1) is 9.65. The van der Waals surface area contributed by atoms with E-state index in [-0.39, 0.29) is 5.02 Å². The number of hydrogen-bond acceptors (Lipinski definition) is 1. The second-order valence-corrected chi connectivity index (χ2v) is 5.78. The molecule has 0 aliphatic heterocycles. The van der Waals surface area contributed by atoms with Gasteiger partial charge in [0.1, 0.15) is 11.9 Å². The summed E-state index contributed by atoms with van der Waals surface area (Å²) in [4.78, 5) is 0. The van der Waals surface area contributed by atoms with Gasteiger partial charge in [0.05, 0.1) is 5.02 Å². The Bertz CT molecular complexity index is 622. The van der Waals surface area contributed by atoms with E-state index in [2.05, 4.69) is 6.07 Å². The Morgan fingerprint density at radius 3 is 2.50 bits per heavy atom. The van der Waals surface area contributed by atoms with Crippen LogP contribution in [0, 0.1) is 5.82 Å². The number of hydrogen-bond donors (Lipinski definition) is 1. The molecule has 1 unspecified atom stereocenters. The maximum absolute atomic E-state index is 13.2. The normalized spacial score (nSPS) is 16.8. The summed E-state index contributed by atoms with van der Waals surface area (Å²) in [5.74, 6) is 0.157. The van der Waals surface area contributed by atoms with Crippen molar-refractivity contribution in [2.45, 2.75) is 31.3 Å². The first-order valence-electron chi connectivity index (χ1n) is 6.88. The van der Waals surface area contributed by atoms with Gasteiger partial charge in [-0.15, -0.1) is 0 Å². The quantitative estimate of drug-likeness (QED) is 0.858. The number of benzene rings is 2. The van der Waals surface area contributed by atoms with Crippen molar-refractivity contribution in [2.24, 2.45) is 0 Å². The lowest BCUT2D eigenvalue weighted by atomic mass is 9.79. The molecule has 3 rings (SSSR count). The van der Waals surface area contributed by atoms with E-state index in [9.17, 15) is 9.50 Å². The highest BCUT2D eigenvalue weighted by molar-refractivity contribution is 6.30. The van der Waals surface area contributed by atoms with Gasteiger partial charge < -0.3 is 5.11 Å². The lowest BCUT2D eigenvalue weighted by Gasteiger charge is -2.26. The van der Waals surface area contributed by atoms with Crippen LogP contribution in [-0.2, 0) is 0 Å². The maximum Gasteiger partial charge on any atom is 0.141 e. The van der Waals surface area contributed by atoms with Crippen LogP contribution < -0.4 is 0 Å². The predicted molar refractivity (Wildman–Crippen MR) is 78.5 cm³/mol.